The molecule has 86 valence electrons. The lowest BCUT2D eigenvalue weighted by Gasteiger charge is -2.29. The second-order valence-electron chi connectivity index (χ2n) is 4.14. The van der Waals surface area contributed by atoms with Crippen molar-refractivity contribution in [2.75, 3.05) is 13.1 Å². The van der Waals surface area contributed by atoms with Crippen LogP contribution in [0.2, 0.25) is 0 Å². The average Bonchev–Trinajstić information content (AvgIpc) is 2.29. The molecule has 0 saturated heterocycles. The third kappa shape index (κ3) is 2.15. The molecule has 0 radical (unpaired) electrons. The number of nitrogens with zero attached hydrogens (tertiary/aromatic N) is 2. The second-order valence-corrected chi connectivity index (χ2v) is 4.14. The van der Waals surface area contributed by atoms with Gasteiger partial charge in [0.25, 0.3) is 0 Å². The van der Waals surface area contributed by atoms with E-state index in [1.54, 1.807) is 0 Å². The summed E-state index contributed by atoms with van der Waals surface area (Å²) in [6.45, 7) is 3.19. The van der Waals surface area contributed by atoms with Crippen LogP contribution < -0.4 is 0 Å². The lowest BCUT2D eigenvalue weighted by atomic mass is 9.92. The molecule has 4 heteroatoms. The average molecular weight is 220 g/mol. The maximum atomic E-state index is 10.9. The normalized spacial score (nSPS) is 25.1. The molecule has 1 atom stereocenters. The fourth-order valence-electron chi connectivity index (χ4n) is 2.20. The molecule has 4 nitrogen and oxygen atoms in total. The van der Waals surface area contributed by atoms with E-state index < -0.39 is 6.09 Å². The number of carbonyl (C=O) groups is 1. The van der Waals surface area contributed by atoms with Crippen LogP contribution in [0.15, 0.2) is 28.9 Å². The number of dihydropyridines is 1. The van der Waals surface area contributed by atoms with Gasteiger partial charge in [-0.3, -0.25) is 9.89 Å². The Bertz CT molecular complexity index is 382. The Kier molecular flexibility index (Phi) is 3.08. The van der Waals surface area contributed by atoms with Gasteiger partial charge in [0, 0.05) is 30.3 Å². The van der Waals surface area contributed by atoms with Crippen LogP contribution in [0.5, 0.6) is 0 Å². The summed E-state index contributed by atoms with van der Waals surface area (Å²) in [5.74, 6) is 0.320. The van der Waals surface area contributed by atoms with Gasteiger partial charge in [0.1, 0.15) is 0 Å². The highest BCUT2D eigenvalue weighted by Gasteiger charge is 2.24. The van der Waals surface area contributed by atoms with Crippen molar-refractivity contribution < 1.29 is 9.90 Å². The predicted octanol–water partition coefficient (Wildman–Crippen LogP) is 2.29. The van der Waals surface area contributed by atoms with Crippen molar-refractivity contribution in [2.24, 2.45) is 10.9 Å². The summed E-state index contributed by atoms with van der Waals surface area (Å²) < 4.78 is 0. The van der Waals surface area contributed by atoms with Crippen molar-refractivity contribution in [1.29, 1.82) is 0 Å². The van der Waals surface area contributed by atoms with E-state index in [1.165, 1.54) is 10.6 Å². The van der Waals surface area contributed by atoms with E-state index in [0.29, 0.717) is 12.5 Å². The first-order valence-electron chi connectivity index (χ1n) is 5.55. The maximum absolute atomic E-state index is 10.9. The summed E-state index contributed by atoms with van der Waals surface area (Å²) in [5, 5.41) is 8.95. The van der Waals surface area contributed by atoms with E-state index in [2.05, 4.69) is 17.1 Å². The second kappa shape index (κ2) is 4.51. The van der Waals surface area contributed by atoms with Gasteiger partial charge in [-0.15, -0.1) is 0 Å². The quantitative estimate of drug-likeness (QED) is 0.689. The highest BCUT2D eigenvalue weighted by Crippen LogP contribution is 2.23. The first-order valence-corrected chi connectivity index (χ1v) is 5.55. The minimum atomic E-state index is -0.863. The Morgan fingerprint density at radius 1 is 1.56 bits per heavy atom. The van der Waals surface area contributed by atoms with Crippen LogP contribution in [0.25, 0.3) is 0 Å². The fourth-order valence-corrected chi connectivity index (χ4v) is 2.20. The molecule has 2 heterocycles. The SMILES string of the molecule is CC1=CC(C2=NCC=CC2)CCN1C(=O)O. The van der Waals surface area contributed by atoms with Crippen LogP contribution in [-0.4, -0.2) is 34.9 Å². The lowest BCUT2D eigenvalue weighted by molar-refractivity contribution is 0.155. The van der Waals surface area contributed by atoms with Crippen molar-refractivity contribution in [3.05, 3.63) is 23.9 Å². The van der Waals surface area contributed by atoms with Gasteiger partial charge in [-0.25, -0.2) is 4.79 Å². The molecule has 1 unspecified atom stereocenters. The minimum Gasteiger partial charge on any atom is -0.465 e. The Morgan fingerprint density at radius 3 is 2.94 bits per heavy atom. The molecule has 2 aliphatic rings. The molecule has 1 amide bonds. The van der Waals surface area contributed by atoms with Crippen LogP contribution in [0.1, 0.15) is 19.8 Å². The van der Waals surface area contributed by atoms with Gasteiger partial charge in [-0.1, -0.05) is 18.2 Å². The van der Waals surface area contributed by atoms with E-state index in [0.717, 1.165) is 25.1 Å². The van der Waals surface area contributed by atoms with Gasteiger partial charge in [-0.2, -0.15) is 0 Å². The molecular weight excluding hydrogens is 204 g/mol. The van der Waals surface area contributed by atoms with E-state index in [-0.39, 0.29) is 0 Å². The summed E-state index contributed by atoms with van der Waals surface area (Å²) in [5.41, 5.74) is 2.01. The molecule has 0 aromatic heterocycles. The predicted molar refractivity (Wildman–Crippen MR) is 62.7 cm³/mol. The van der Waals surface area contributed by atoms with Gasteiger partial charge >= 0.3 is 6.09 Å². The van der Waals surface area contributed by atoms with Crippen LogP contribution in [-0.2, 0) is 0 Å². The number of aliphatic imine (C=N–C) groups is 1. The molecule has 0 bridgehead atoms. The monoisotopic (exact) mass is 220 g/mol. The van der Waals surface area contributed by atoms with Crippen LogP contribution in [0.3, 0.4) is 0 Å². The standard InChI is InChI=1S/C12H16N2O2/c1-9-8-10(5-7-14(9)12(15)16)11-4-2-3-6-13-11/h2-3,8,10H,4-7H2,1H3,(H,15,16). The number of allylic oxidation sites excluding steroid dienone is 3. The first-order chi connectivity index (χ1) is 7.68. The molecule has 0 aromatic rings. The van der Waals surface area contributed by atoms with Crippen molar-refractivity contribution in [1.82, 2.24) is 4.90 Å². The zero-order chi connectivity index (χ0) is 11.5. The van der Waals surface area contributed by atoms with Gasteiger partial charge < -0.3 is 5.11 Å². The summed E-state index contributed by atoms with van der Waals surface area (Å²) in [4.78, 5) is 16.8. The third-order valence-corrected chi connectivity index (χ3v) is 3.08. The Labute approximate surface area is 95.0 Å². The summed E-state index contributed by atoms with van der Waals surface area (Å²) in [7, 11) is 0. The molecule has 0 aromatic carbocycles. The van der Waals surface area contributed by atoms with Gasteiger partial charge in [-0.05, 0) is 13.3 Å². The number of hydrogen-bond donors (Lipinski definition) is 1. The molecule has 0 fully saturated rings. The molecule has 2 aliphatic heterocycles. The lowest BCUT2D eigenvalue weighted by Crippen LogP contribution is -2.35. The zero-order valence-electron chi connectivity index (χ0n) is 9.39. The van der Waals surface area contributed by atoms with Gasteiger partial charge in [0.05, 0.1) is 6.54 Å². The fraction of sp³-hybridized carbons (Fsp3) is 0.500. The molecular formula is C12H16N2O2. The molecule has 2 rings (SSSR count). The van der Waals surface area contributed by atoms with Crippen molar-refractivity contribution in [2.45, 2.75) is 19.8 Å². The topological polar surface area (TPSA) is 52.9 Å². The summed E-state index contributed by atoms with van der Waals surface area (Å²) >= 11 is 0. The largest absolute Gasteiger partial charge is 0.465 e. The highest BCUT2D eigenvalue weighted by atomic mass is 16.4. The van der Waals surface area contributed by atoms with Crippen LogP contribution >= 0.6 is 0 Å². The number of rotatable bonds is 1. The molecule has 0 aliphatic carbocycles. The van der Waals surface area contributed by atoms with E-state index in [4.69, 9.17) is 5.11 Å². The number of hydrogen-bond acceptors (Lipinski definition) is 2. The van der Waals surface area contributed by atoms with Crippen LogP contribution in [0, 0.1) is 5.92 Å². The van der Waals surface area contributed by atoms with Crippen LogP contribution in [0.4, 0.5) is 4.79 Å². The Hall–Kier alpha value is -1.58. The molecule has 1 N–H and O–H groups in total. The summed E-state index contributed by atoms with van der Waals surface area (Å²) in [6, 6.07) is 0. The number of carboxylic acid groups (broad SMARTS) is 1. The van der Waals surface area contributed by atoms with E-state index in [1.807, 2.05) is 13.0 Å². The third-order valence-electron chi connectivity index (χ3n) is 3.08. The van der Waals surface area contributed by atoms with Crippen molar-refractivity contribution in [3.8, 4) is 0 Å². The smallest absolute Gasteiger partial charge is 0.411 e. The van der Waals surface area contributed by atoms with E-state index >= 15 is 0 Å². The first kappa shape index (κ1) is 10.9. The van der Waals surface area contributed by atoms with Crippen molar-refractivity contribution >= 4 is 11.8 Å². The Morgan fingerprint density at radius 2 is 2.38 bits per heavy atom. The molecule has 0 spiro atoms. The molecule has 16 heavy (non-hydrogen) atoms. The van der Waals surface area contributed by atoms with Crippen molar-refractivity contribution in [3.63, 3.8) is 0 Å². The van der Waals surface area contributed by atoms with E-state index in [9.17, 15) is 4.79 Å². The zero-order valence-corrected chi connectivity index (χ0v) is 9.39. The van der Waals surface area contributed by atoms with Gasteiger partial charge in [0.2, 0.25) is 0 Å². The Balaban J connectivity index is 2.10. The maximum Gasteiger partial charge on any atom is 0.411 e. The molecule has 0 saturated carbocycles. The summed E-state index contributed by atoms with van der Waals surface area (Å²) in [6.07, 6.45) is 7.10. The minimum absolute atomic E-state index is 0.320. The highest BCUT2D eigenvalue weighted by molar-refractivity contribution is 5.90. The number of amides is 1. The van der Waals surface area contributed by atoms with Gasteiger partial charge in [0.15, 0.2) is 0 Å².